The van der Waals surface area contributed by atoms with Gasteiger partial charge in [0.25, 0.3) is 11.8 Å². The minimum absolute atomic E-state index is 0.00570. The average molecular weight is 478 g/mol. The van der Waals surface area contributed by atoms with E-state index >= 15 is 0 Å². The zero-order valence-corrected chi connectivity index (χ0v) is 17.8. The monoisotopic (exact) mass is 477 g/mol. The number of aromatic nitrogens is 1. The topological polar surface area (TPSA) is 72.0 Å². The molecule has 2 aliphatic heterocycles. The summed E-state index contributed by atoms with van der Waals surface area (Å²) in [6.45, 7) is 2.40. The molecule has 0 saturated carbocycles. The molecule has 1 aromatic heterocycles. The molecular weight excluding hydrogens is 457 g/mol. The van der Waals surface area contributed by atoms with Crippen LogP contribution in [0.3, 0.4) is 0 Å². The number of rotatable bonds is 4. The molecule has 0 aliphatic carbocycles. The summed E-state index contributed by atoms with van der Waals surface area (Å²) >= 11 is 3.25. The molecule has 0 spiro atoms. The summed E-state index contributed by atoms with van der Waals surface area (Å²) in [6, 6.07) is 7.33. The zero-order valence-electron chi connectivity index (χ0n) is 16.2. The maximum Gasteiger partial charge on any atom is 0.259 e. The first-order chi connectivity index (χ1) is 14.5. The predicted molar refractivity (Wildman–Crippen MR) is 110 cm³/mol. The van der Waals surface area contributed by atoms with E-state index in [1.165, 1.54) is 24.4 Å². The number of pyridine rings is 1. The van der Waals surface area contributed by atoms with Crippen molar-refractivity contribution in [3.05, 3.63) is 52.4 Å². The number of piperazine rings is 1. The van der Waals surface area contributed by atoms with Crippen LogP contribution in [0.4, 0.5) is 4.39 Å². The van der Waals surface area contributed by atoms with Gasteiger partial charge in [-0.1, -0.05) is 0 Å². The first-order valence-electron chi connectivity index (χ1n) is 9.80. The van der Waals surface area contributed by atoms with Crippen LogP contribution < -0.4 is 4.74 Å². The molecule has 2 aromatic rings. The Morgan fingerprint density at radius 2 is 1.93 bits per heavy atom. The second kappa shape index (κ2) is 9.09. The van der Waals surface area contributed by atoms with Crippen LogP contribution in [0.2, 0.25) is 0 Å². The summed E-state index contributed by atoms with van der Waals surface area (Å²) in [7, 11) is 0. The molecule has 158 valence electrons. The third kappa shape index (κ3) is 4.46. The fraction of sp³-hybridized carbons (Fsp3) is 0.381. The van der Waals surface area contributed by atoms with Crippen LogP contribution in [0.25, 0.3) is 0 Å². The van der Waals surface area contributed by atoms with E-state index in [1.54, 1.807) is 21.9 Å². The third-order valence-electron chi connectivity index (χ3n) is 5.19. The molecule has 1 atom stereocenters. The van der Waals surface area contributed by atoms with Crippen molar-refractivity contribution >= 4 is 27.7 Å². The second-order valence-electron chi connectivity index (χ2n) is 7.15. The predicted octanol–water partition coefficient (Wildman–Crippen LogP) is 3.24. The van der Waals surface area contributed by atoms with Gasteiger partial charge in [-0.3, -0.25) is 9.59 Å². The molecule has 1 unspecified atom stereocenters. The summed E-state index contributed by atoms with van der Waals surface area (Å²) in [4.78, 5) is 33.2. The van der Waals surface area contributed by atoms with Gasteiger partial charge in [0.1, 0.15) is 23.2 Å². The van der Waals surface area contributed by atoms with Crippen LogP contribution in [0.1, 0.15) is 23.2 Å². The number of nitrogens with zero attached hydrogens (tertiary/aromatic N) is 3. The van der Waals surface area contributed by atoms with Crippen molar-refractivity contribution in [2.75, 3.05) is 32.8 Å². The van der Waals surface area contributed by atoms with Crippen molar-refractivity contribution in [3.8, 4) is 11.6 Å². The highest BCUT2D eigenvalue weighted by atomic mass is 79.9. The number of hydrogen-bond donors (Lipinski definition) is 0. The fourth-order valence-electron chi connectivity index (χ4n) is 3.57. The smallest absolute Gasteiger partial charge is 0.259 e. The molecule has 2 saturated heterocycles. The lowest BCUT2D eigenvalue weighted by Crippen LogP contribution is -2.52. The molecule has 3 heterocycles. The number of carbonyl (C=O) groups excluding carboxylic acids is 2. The standard InChI is InChI=1S/C21H21BrFN3O4/c22-16-13-14(23)5-6-17(16)30-19-15(3-1-7-24-19)20(27)25-8-10-26(11-9-25)21(28)18-4-2-12-29-18/h1,3,5-7,13,18H,2,4,8-12H2. The van der Waals surface area contributed by atoms with Gasteiger partial charge in [0.15, 0.2) is 0 Å². The number of benzene rings is 1. The number of halogens is 2. The lowest BCUT2D eigenvalue weighted by Gasteiger charge is -2.35. The molecule has 4 rings (SSSR count). The highest BCUT2D eigenvalue weighted by Crippen LogP contribution is 2.31. The van der Waals surface area contributed by atoms with Gasteiger partial charge in [-0.05, 0) is 59.1 Å². The van der Waals surface area contributed by atoms with Crippen molar-refractivity contribution in [3.63, 3.8) is 0 Å². The molecule has 9 heteroatoms. The van der Waals surface area contributed by atoms with Crippen LogP contribution in [-0.2, 0) is 9.53 Å². The minimum Gasteiger partial charge on any atom is -0.437 e. The largest absolute Gasteiger partial charge is 0.437 e. The molecular formula is C21H21BrFN3O4. The van der Waals surface area contributed by atoms with Gasteiger partial charge in [0.05, 0.1) is 4.47 Å². The quantitative estimate of drug-likeness (QED) is 0.675. The molecule has 0 bridgehead atoms. The van der Waals surface area contributed by atoms with Gasteiger partial charge in [0, 0.05) is 39.0 Å². The molecule has 1 aromatic carbocycles. The Kier molecular flexibility index (Phi) is 6.29. The van der Waals surface area contributed by atoms with E-state index in [0.29, 0.717) is 48.6 Å². The molecule has 0 N–H and O–H groups in total. The Hall–Kier alpha value is -2.52. The van der Waals surface area contributed by atoms with Crippen LogP contribution >= 0.6 is 15.9 Å². The van der Waals surface area contributed by atoms with Crippen molar-refractivity contribution in [2.24, 2.45) is 0 Å². The molecule has 2 amide bonds. The van der Waals surface area contributed by atoms with Crippen LogP contribution in [-0.4, -0.2) is 65.5 Å². The number of hydrogen-bond acceptors (Lipinski definition) is 5. The van der Waals surface area contributed by atoms with Gasteiger partial charge in [0.2, 0.25) is 5.88 Å². The highest BCUT2D eigenvalue weighted by molar-refractivity contribution is 9.10. The van der Waals surface area contributed by atoms with E-state index in [-0.39, 0.29) is 23.8 Å². The summed E-state index contributed by atoms with van der Waals surface area (Å²) in [5.74, 6) is -0.113. The van der Waals surface area contributed by atoms with Gasteiger partial charge >= 0.3 is 0 Å². The number of carbonyl (C=O) groups is 2. The minimum atomic E-state index is -0.401. The van der Waals surface area contributed by atoms with E-state index < -0.39 is 5.82 Å². The fourth-order valence-corrected chi connectivity index (χ4v) is 4.01. The van der Waals surface area contributed by atoms with E-state index in [0.717, 1.165) is 12.8 Å². The van der Waals surface area contributed by atoms with E-state index in [9.17, 15) is 14.0 Å². The molecule has 0 radical (unpaired) electrons. The van der Waals surface area contributed by atoms with Gasteiger partial charge < -0.3 is 19.3 Å². The Labute approximate surface area is 181 Å². The van der Waals surface area contributed by atoms with Crippen molar-refractivity contribution in [1.29, 1.82) is 0 Å². The third-order valence-corrected chi connectivity index (χ3v) is 5.81. The van der Waals surface area contributed by atoms with Crippen LogP contribution in [0, 0.1) is 5.82 Å². The molecule has 2 fully saturated rings. The lowest BCUT2D eigenvalue weighted by molar-refractivity contribution is -0.142. The Morgan fingerprint density at radius 3 is 2.63 bits per heavy atom. The zero-order chi connectivity index (χ0) is 21.1. The summed E-state index contributed by atoms with van der Waals surface area (Å²) < 4.78 is 25.0. The SMILES string of the molecule is O=C(c1cccnc1Oc1ccc(F)cc1Br)N1CCN(C(=O)C2CCCO2)CC1. The maximum atomic E-state index is 13.3. The Morgan fingerprint density at radius 1 is 1.17 bits per heavy atom. The van der Waals surface area contributed by atoms with Gasteiger partial charge in [-0.2, -0.15) is 0 Å². The van der Waals surface area contributed by atoms with Crippen molar-refractivity contribution < 1.29 is 23.5 Å². The lowest BCUT2D eigenvalue weighted by atomic mass is 10.1. The number of ether oxygens (including phenoxy) is 2. The summed E-state index contributed by atoms with van der Waals surface area (Å²) in [5.41, 5.74) is 0.313. The van der Waals surface area contributed by atoms with Crippen molar-refractivity contribution in [1.82, 2.24) is 14.8 Å². The van der Waals surface area contributed by atoms with Gasteiger partial charge in [-0.15, -0.1) is 0 Å². The summed E-state index contributed by atoms with van der Waals surface area (Å²) in [5, 5.41) is 0. The Balaban J connectivity index is 1.43. The number of amides is 2. The maximum absolute atomic E-state index is 13.3. The molecule has 30 heavy (non-hydrogen) atoms. The Bertz CT molecular complexity index is 944. The van der Waals surface area contributed by atoms with Crippen LogP contribution in [0.5, 0.6) is 11.6 Å². The van der Waals surface area contributed by atoms with Crippen LogP contribution in [0.15, 0.2) is 41.0 Å². The van der Waals surface area contributed by atoms with E-state index in [2.05, 4.69) is 20.9 Å². The summed E-state index contributed by atoms with van der Waals surface area (Å²) in [6.07, 6.45) is 2.84. The first kappa shape index (κ1) is 20.7. The van der Waals surface area contributed by atoms with Crippen molar-refractivity contribution in [2.45, 2.75) is 18.9 Å². The first-order valence-corrected chi connectivity index (χ1v) is 10.6. The highest BCUT2D eigenvalue weighted by Gasteiger charge is 2.32. The molecule has 7 nitrogen and oxygen atoms in total. The second-order valence-corrected chi connectivity index (χ2v) is 8.01. The van der Waals surface area contributed by atoms with E-state index in [1.807, 2.05) is 0 Å². The normalized spacial score (nSPS) is 19.1. The van der Waals surface area contributed by atoms with E-state index in [4.69, 9.17) is 9.47 Å². The average Bonchev–Trinajstić information content (AvgIpc) is 3.30. The molecule has 2 aliphatic rings. The van der Waals surface area contributed by atoms with Gasteiger partial charge in [-0.25, -0.2) is 9.37 Å².